The van der Waals surface area contributed by atoms with Gasteiger partial charge in [0.2, 0.25) is 0 Å². The summed E-state index contributed by atoms with van der Waals surface area (Å²) in [5, 5.41) is 3.44. The molecule has 1 N–H and O–H groups in total. The number of anilines is 1. The molecule has 5 nitrogen and oxygen atoms in total. The van der Waals surface area contributed by atoms with Crippen molar-refractivity contribution in [3.05, 3.63) is 17.6 Å². The molecule has 2 aliphatic heterocycles. The van der Waals surface area contributed by atoms with Gasteiger partial charge in [-0.2, -0.15) is 0 Å². The molecular weight excluding hydrogens is 238 g/mol. The maximum Gasteiger partial charge on any atom is 0.137 e. The van der Waals surface area contributed by atoms with E-state index < -0.39 is 0 Å². The Bertz CT molecular complexity index is 447. The van der Waals surface area contributed by atoms with E-state index in [-0.39, 0.29) is 0 Å². The van der Waals surface area contributed by atoms with Crippen LogP contribution in [0.3, 0.4) is 0 Å². The maximum absolute atomic E-state index is 4.59. The first kappa shape index (κ1) is 12.8. The van der Waals surface area contributed by atoms with Crippen LogP contribution >= 0.6 is 0 Å². The Hall–Kier alpha value is -1.20. The molecule has 0 radical (unpaired) electrons. The van der Waals surface area contributed by atoms with Crippen LogP contribution in [0.5, 0.6) is 0 Å². The van der Waals surface area contributed by atoms with Gasteiger partial charge in [0.15, 0.2) is 0 Å². The Morgan fingerprint density at radius 3 is 3.11 bits per heavy atom. The van der Waals surface area contributed by atoms with Crippen LogP contribution in [0.2, 0.25) is 0 Å². The molecule has 1 unspecified atom stereocenters. The standard InChI is InChI=1S/C14H23N5/c1-11-9-18(2)6-3-7-19(11)14-12-8-15-5-4-13(12)16-10-17-14/h10-11,15H,3-9H2,1-2H3. The SMILES string of the molecule is CC1CN(C)CCCN1c1ncnc2c1CNCC2. The predicted octanol–water partition coefficient (Wildman–Crippen LogP) is 0.653. The van der Waals surface area contributed by atoms with E-state index in [1.54, 1.807) is 6.33 Å². The number of likely N-dealkylation sites (N-methyl/N-ethyl adjacent to an activating group) is 1. The predicted molar refractivity (Wildman–Crippen MR) is 76.4 cm³/mol. The minimum Gasteiger partial charge on any atom is -0.352 e. The van der Waals surface area contributed by atoms with Gasteiger partial charge in [0.05, 0.1) is 5.69 Å². The van der Waals surface area contributed by atoms with Crippen molar-refractivity contribution >= 4 is 5.82 Å². The summed E-state index contributed by atoms with van der Waals surface area (Å²) in [6.45, 7) is 7.60. The van der Waals surface area contributed by atoms with Crippen molar-refractivity contribution in [2.24, 2.45) is 0 Å². The van der Waals surface area contributed by atoms with E-state index in [0.29, 0.717) is 6.04 Å². The summed E-state index contributed by atoms with van der Waals surface area (Å²) in [5.41, 5.74) is 2.54. The number of rotatable bonds is 1. The van der Waals surface area contributed by atoms with Crippen molar-refractivity contribution in [2.45, 2.75) is 32.4 Å². The molecular formula is C14H23N5. The van der Waals surface area contributed by atoms with Gasteiger partial charge >= 0.3 is 0 Å². The van der Waals surface area contributed by atoms with Gasteiger partial charge in [-0.25, -0.2) is 9.97 Å². The molecule has 3 rings (SSSR count). The van der Waals surface area contributed by atoms with E-state index in [4.69, 9.17) is 0 Å². The fraction of sp³-hybridized carbons (Fsp3) is 0.714. The van der Waals surface area contributed by atoms with E-state index >= 15 is 0 Å². The van der Waals surface area contributed by atoms with Crippen LogP contribution in [0.4, 0.5) is 5.82 Å². The normalized spacial score (nSPS) is 24.9. The van der Waals surface area contributed by atoms with Crippen molar-refractivity contribution < 1.29 is 0 Å². The average Bonchev–Trinajstić information content (AvgIpc) is 2.59. The van der Waals surface area contributed by atoms with Gasteiger partial charge in [0.1, 0.15) is 12.1 Å². The van der Waals surface area contributed by atoms with Gasteiger partial charge in [0, 0.05) is 44.2 Å². The zero-order valence-corrected chi connectivity index (χ0v) is 11.9. The second-order valence-corrected chi connectivity index (χ2v) is 5.71. The van der Waals surface area contributed by atoms with Crippen LogP contribution in [-0.4, -0.2) is 54.1 Å². The Labute approximate surface area is 115 Å². The van der Waals surface area contributed by atoms with Gasteiger partial charge in [-0.3, -0.25) is 0 Å². The summed E-state index contributed by atoms with van der Waals surface area (Å²) in [7, 11) is 2.21. The Morgan fingerprint density at radius 2 is 2.21 bits per heavy atom. The van der Waals surface area contributed by atoms with E-state index in [2.05, 4.69) is 39.1 Å². The topological polar surface area (TPSA) is 44.3 Å². The molecule has 1 aromatic rings. The van der Waals surface area contributed by atoms with Gasteiger partial charge in [-0.1, -0.05) is 0 Å². The zero-order chi connectivity index (χ0) is 13.2. The van der Waals surface area contributed by atoms with E-state index in [9.17, 15) is 0 Å². The highest BCUT2D eigenvalue weighted by Crippen LogP contribution is 2.25. The van der Waals surface area contributed by atoms with Gasteiger partial charge < -0.3 is 15.1 Å². The lowest BCUT2D eigenvalue weighted by molar-refractivity contribution is 0.337. The lowest BCUT2D eigenvalue weighted by Crippen LogP contribution is -2.40. The molecule has 104 valence electrons. The van der Waals surface area contributed by atoms with Crippen LogP contribution in [0.25, 0.3) is 0 Å². The number of hydrogen-bond donors (Lipinski definition) is 1. The molecule has 3 heterocycles. The molecule has 2 aliphatic rings. The number of aromatic nitrogens is 2. The van der Waals surface area contributed by atoms with Crippen molar-refractivity contribution in [3.8, 4) is 0 Å². The summed E-state index contributed by atoms with van der Waals surface area (Å²) in [6.07, 6.45) is 3.96. The number of nitrogens with zero attached hydrogens (tertiary/aromatic N) is 4. The maximum atomic E-state index is 4.59. The summed E-state index contributed by atoms with van der Waals surface area (Å²) in [6, 6.07) is 0.508. The number of fused-ring (bicyclic) bond motifs is 1. The highest BCUT2D eigenvalue weighted by Gasteiger charge is 2.25. The van der Waals surface area contributed by atoms with Crippen LogP contribution < -0.4 is 10.2 Å². The van der Waals surface area contributed by atoms with E-state index in [1.807, 2.05) is 0 Å². The Morgan fingerprint density at radius 1 is 1.32 bits per heavy atom. The minimum absolute atomic E-state index is 0.508. The monoisotopic (exact) mass is 261 g/mol. The minimum atomic E-state index is 0.508. The fourth-order valence-corrected chi connectivity index (χ4v) is 3.19. The second kappa shape index (κ2) is 5.43. The first-order valence-corrected chi connectivity index (χ1v) is 7.24. The summed E-state index contributed by atoms with van der Waals surface area (Å²) in [4.78, 5) is 13.9. The Kier molecular flexibility index (Phi) is 3.66. The Balaban J connectivity index is 1.92. The lowest BCUT2D eigenvalue weighted by atomic mass is 10.1. The summed E-state index contributed by atoms with van der Waals surface area (Å²) in [5.74, 6) is 1.15. The zero-order valence-electron chi connectivity index (χ0n) is 11.9. The fourth-order valence-electron chi connectivity index (χ4n) is 3.19. The highest BCUT2D eigenvalue weighted by atomic mass is 15.3. The number of nitrogens with one attached hydrogen (secondary N) is 1. The van der Waals surface area contributed by atoms with Gasteiger partial charge in [-0.15, -0.1) is 0 Å². The van der Waals surface area contributed by atoms with Crippen molar-refractivity contribution in [1.29, 1.82) is 0 Å². The molecule has 19 heavy (non-hydrogen) atoms. The quantitative estimate of drug-likeness (QED) is 0.804. The molecule has 0 amide bonds. The summed E-state index contributed by atoms with van der Waals surface area (Å²) >= 11 is 0. The lowest BCUT2D eigenvalue weighted by Gasteiger charge is -2.32. The van der Waals surface area contributed by atoms with Crippen LogP contribution in [0, 0.1) is 0 Å². The first-order chi connectivity index (χ1) is 9.25. The average molecular weight is 261 g/mol. The third kappa shape index (κ3) is 2.58. The molecule has 1 aromatic heterocycles. The van der Waals surface area contributed by atoms with E-state index in [0.717, 1.165) is 38.4 Å². The largest absolute Gasteiger partial charge is 0.352 e. The van der Waals surface area contributed by atoms with Crippen LogP contribution in [0.1, 0.15) is 24.6 Å². The van der Waals surface area contributed by atoms with Crippen LogP contribution in [-0.2, 0) is 13.0 Å². The molecule has 0 saturated carbocycles. The van der Waals surface area contributed by atoms with Gasteiger partial charge in [0.25, 0.3) is 0 Å². The highest BCUT2D eigenvalue weighted by molar-refractivity contribution is 5.50. The second-order valence-electron chi connectivity index (χ2n) is 5.71. The molecule has 1 fully saturated rings. The molecule has 0 aromatic carbocycles. The van der Waals surface area contributed by atoms with Crippen molar-refractivity contribution in [2.75, 3.05) is 38.1 Å². The molecule has 0 aliphatic carbocycles. The van der Waals surface area contributed by atoms with Crippen LogP contribution in [0.15, 0.2) is 6.33 Å². The third-order valence-electron chi connectivity index (χ3n) is 4.17. The van der Waals surface area contributed by atoms with Crippen molar-refractivity contribution in [1.82, 2.24) is 20.2 Å². The molecule has 0 spiro atoms. The molecule has 1 saturated heterocycles. The number of hydrogen-bond acceptors (Lipinski definition) is 5. The molecule has 5 heteroatoms. The third-order valence-corrected chi connectivity index (χ3v) is 4.17. The van der Waals surface area contributed by atoms with Gasteiger partial charge in [-0.05, 0) is 26.9 Å². The van der Waals surface area contributed by atoms with Crippen molar-refractivity contribution in [3.63, 3.8) is 0 Å². The smallest absolute Gasteiger partial charge is 0.137 e. The van der Waals surface area contributed by atoms with E-state index in [1.165, 1.54) is 24.2 Å². The first-order valence-electron chi connectivity index (χ1n) is 7.24. The molecule has 1 atom stereocenters. The molecule has 0 bridgehead atoms. The summed E-state index contributed by atoms with van der Waals surface area (Å²) < 4.78 is 0.